The van der Waals surface area contributed by atoms with Gasteiger partial charge in [-0.25, -0.2) is 4.39 Å². The molecular formula is C11H17FN2O. The Hall–Kier alpha value is -1.13. The smallest absolute Gasteiger partial charge is 0.165 e. The number of ether oxygens (including phenoxy) is 1. The van der Waals surface area contributed by atoms with Gasteiger partial charge in [-0.15, -0.1) is 0 Å². The van der Waals surface area contributed by atoms with Crippen LogP contribution in [0.5, 0.6) is 5.75 Å². The number of nitrogens with two attached hydrogens (primary N) is 1. The van der Waals surface area contributed by atoms with E-state index in [0.29, 0.717) is 5.92 Å². The Balaban J connectivity index is 3.03. The first-order valence-corrected chi connectivity index (χ1v) is 4.89. The number of methoxy groups -OCH3 is 1. The number of rotatable bonds is 4. The molecule has 0 aliphatic carbocycles. The molecule has 1 aromatic rings. The van der Waals surface area contributed by atoms with Gasteiger partial charge in [0.1, 0.15) is 0 Å². The van der Waals surface area contributed by atoms with E-state index < -0.39 is 0 Å². The molecule has 4 heteroatoms. The molecule has 0 heterocycles. The molecule has 0 spiro atoms. The average molecular weight is 212 g/mol. The van der Waals surface area contributed by atoms with E-state index in [0.717, 1.165) is 5.56 Å². The molecule has 0 fully saturated rings. The van der Waals surface area contributed by atoms with E-state index in [-0.39, 0.29) is 17.6 Å². The number of halogens is 1. The molecule has 0 saturated heterocycles. The van der Waals surface area contributed by atoms with Crippen LogP contribution in [-0.4, -0.2) is 7.11 Å². The van der Waals surface area contributed by atoms with Crippen molar-refractivity contribution in [3.8, 4) is 5.75 Å². The van der Waals surface area contributed by atoms with E-state index in [4.69, 9.17) is 10.6 Å². The van der Waals surface area contributed by atoms with Crippen LogP contribution < -0.4 is 16.0 Å². The van der Waals surface area contributed by atoms with E-state index in [1.165, 1.54) is 13.2 Å². The summed E-state index contributed by atoms with van der Waals surface area (Å²) in [6.45, 7) is 4.08. The van der Waals surface area contributed by atoms with Gasteiger partial charge in [0.15, 0.2) is 11.6 Å². The lowest BCUT2D eigenvalue weighted by atomic mass is 9.96. The summed E-state index contributed by atoms with van der Waals surface area (Å²) in [7, 11) is 1.45. The van der Waals surface area contributed by atoms with Crippen LogP contribution in [0.3, 0.4) is 0 Å². The Labute approximate surface area is 89.4 Å². The van der Waals surface area contributed by atoms with Gasteiger partial charge in [-0.05, 0) is 23.6 Å². The van der Waals surface area contributed by atoms with Crippen molar-refractivity contribution < 1.29 is 9.13 Å². The second-order valence-electron chi connectivity index (χ2n) is 3.78. The fourth-order valence-electron chi connectivity index (χ4n) is 1.54. The molecule has 0 aromatic heterocycles. The molecule has 15 heavy (non-hydrogen) atoms. The van der Waals surface area contributed by atoms with Crippen LogP contribution >= 0.6 is 0 Å². The zero-order chi connectivity index (χ0) is 11.4. The molecule has 0 amide bonds. The second kappa shape index (κ2) is 5.09. The molecule has 0 saturated carbocycles. The zero-order valence-electron chi connectivity index (χ0n) is 9.25. The molecule has 0 aliphatic rings. The van der Waals surface area contributed by atoms with E-state index in [1.807, 2.05) is 13.8 Å². The first-order chi connectivity index (χ1) is 7.10. The quantitative estimate of drug-likeness (QED) is 0.592. The third-order valence-electron chi connectivity index (χ3n) is 2.38. The predicted molar refractivity (Wildman–Crippen MR) is 57.9 cm³/mol. The molecule has 3 nitrogen and oxygen atoms in total. The minimum Gasteiger partial charge on any atom is -0.494 e. The van der Waals surface area contributed by atoms with Gasteiger partial charge in [-0.3, -0.25) is 11.3 Å². The summed E-state index contributed by atoms with van der Waals surface area (Å²) >= 11 is 0. The van der Waals surface area contributed by atoms with Crippen LogP contribution in [0.2, 0.25) is 0 Å². The first-order valence-electron chi connectivity index (χ1n) is 4.89. The zero-order valence-corrected chi connectivity index (χ0v) is 9.25. The van der Waals surface area contributed by atoms with Crippen LogP contribution in [0.15, 0.2) is 18.2 Å². The van der Waals surface area contributed by atoms with Gasteiger partial charge in [0.2, 0.25) is 0 Å². The van der Waals surface area contributed by atoms with Crippen molar-refractivity contribution in [2.45, 2.75) is 19.9 Å². The fourth-order valence-corrected chi connectivity index (χ4v) is 1.54. The van der Waals surface area contributed by atoms with E-state index in [2.05, 4.69) is 5.43 Å². The van der Waals surface area contributed by atoms with Crippen LogP contribution in [0.1, 0.15) is 25.5 Å². The summed E-state index contributed by atoms with van der Waals surface area (Å²) in [6, 6.07) is 4.77. The monoisotopic (exact) mass is 212 g/mol. The largest absolute Gasteiger partial charge is 0.494 e. The molecule has 3 N–H and O–H groups in total. The highest BCUT2D eigenvalue weighted by atomic mass is 19.1. The van der Waals surface area contributed by atoms with Crippen molar-refractivity contribution in [2.75, 3.05) is 7.11 Å². The number of hydrogen-bond acceptors (Lipinski definition) is 3. The van der Waals surface area contributed by atoms with Gasteiger partial charge in [-0.1, -0.05) is 19.9 Å². The van der Waals surface area contributed by atoms with Crippen molar-refractivity contribution >= 4 is 0 Å². The van der Waals surface area contributed by atoms with Crippen LogP contribution in [0.4, 0.5) is 4.39 Å². The van der Waals surface area contributed by atoms with Crippen molar-refractivity contribution in [3.63, 3.8) is 0 Å². The third kappa shape index (κ3) is 2.67. The molecule has 1 rings (SSSR count). The SMILES string of the molecule is COc1cc(C(NN)C(C)C)ccc1F. The minimum absolute atomic E-state index is 0.000463. The summed E-state index contributed by atoms with van der Waals surface area (Å²) in [6.07, 6.45) is 0. The fraction of sp³-hybridized carbons (Fsp3) is 0.455. The molecule has 0 bridgehead atoms. The lowest BCUT2D eigenvalue weighted by molar-refractivity contribution is 0.380. The molecule has 84 valence electrons. The molecule has 1 aromatic carbocycles. The molecule has 0 radical (unpaired) electrons. The number of benzene rings is 1. The highest BCUT2D eigenvalue weighted by molar-refractivity contribution is 5.32. The van der Waals surface area contributed by atoms with Gasteiger partial charge in [0.05, 0.1) is 7.11 Å². The lowest BCUT2D eigenvalue weighted by Crippen LogP contribution is -2.31. The van der Waals surface area contributed by atoms with Crippen LogP contribution in [-0.2, 0) is 0 Å². The summed E-state index contributed by atoms with van der Waals surface area (Å²) in [5, 5.41) is 0. The van der Waals surface area contributed by atoms with Gasteiger partial charge >= 0.3 is 0 Å². The Morgan fingerprint density at radius 2 is 2.07 bits per heavy atom. The van der Waals surface area contributed by atoms with Crippen LogP contribution in [0, 0.1) is 11.7 Å². The second-order valence-corrected chi connectivity index (χ2v) is 3.78. The minimum atomic E-state index is -0.360. The van der Waals surface area contributed by atoms with Gasteiger partial charge in [-0.2, -0.15) is 0 Å². The average Bonchev–Trinajstić information content (AvgIpc) is 2.21. The summed E-state index contributed by atoms with van der Waals surface area (Å²) in [5.74, 6) is 5.66. The van der Waals surface area contributed by atoms with Crippen molar-refractivity contribution in [1.29, 1.82) is 0 Å². The summed E-state index contributed by atoms with van der Waals surface area (Å²) in [5.41, 5.74) is 3.63. The van der Waals surface area contributed by atoms with Crippen molar-refractivity contribution in [2.24, 2.45) is 11.8 Å². The van der Waals surface area contributed by atoms with Gasteiger partial charge in [0.25, 0.3) is 0 Å². The lowest BCUT2D eigenvalue weighted by Gasteiger charge is -2.20. The maximum absolute atomic E-state index is 13.2. The van der Waals surface area contributed by atoms with Crippen LogP contribution in [0.25, 0.3) is 0 Å². The van der Waals surface area contributed by atoms with Gasteiger partial charge < -0.3 is 4.74 Å². The number of hydrazine groups is 1. The normalized spacial score (nSPS) is 12.9. The Morgan fingerprint density at radius 1 is 1.40 bits per heavy atom. The number of nitrogens with one attached hydrogen (secondary N) is 1. The summed E-state index contributed by atoms with van der Waals surface area (Å²) < 4.78 is 18.1. The Morgan fingerprint density at radius 3 is 2.53 bits per heavy atom. The van der Waals surface area contributed by atoms with Gasteiger partial charge in [0, 0.05) is 6.04 Å². The molecular weight excluding hydrogens is 195 g/mol. The first kappa shape index (κ1) is 11.9. The maximum Gasteiger partial charge on any atom is 0.165 e. The summed E-state index contributed by atoms with van der Waals surface area (Å²) in [4.78, 5) is 0. The molecule has 0 aliphatic heterocycles. The standard InChI is InChI=1S/C11H17FN2O/c1-7(2)11(14-13)8-4-5-9(12)10(6-8)15-3/h4-7,11,14H,13H2,1-3H3. The topological polar surface area (TPSA) is 47.3 Å². The Bertz CT molecular complexity index is 328. The number of hydrogen-bond donors (Lipinski definition) is 2. The van der Waals surface area contributed by atoms with E-state index >= 15 is 0 Å². The van der Waals surface area contributed by atoms with Crippen molar-refractivity contribution in [1.82, 2.24) is 5.43 Å². The molecule has 1 atom stereocenters. The third-order valence-corrected chi connectivity index (χ3v) is 2.38. The maximum atomic E-state index is 13.2. The highest BCUT2D eigenvalue weighted by Gasteiger charge is 2.15. The van der Waals surface area contributed by atoms with E-state index in [9.17, 15) is 4.39 Å². The predicted octanol–water partition coefficient (Wildman–Crippen LogP) is 1.99. The van der Waals surface area contributed by atoms with Crippen molar-refractivity contribution in [3.05, 3.63) is 29.6 Å². The highest BCUT2D eigenvalue weighted by Crippen LogP contribution is 2.26. The Kier molecular flexibility index (Phi) is 4.05. The van der Waals surface area contributed by atoms with E-state index in [1.54, 1.807) is 12.1 Å². The molecule has 1 unspecified atom stereocenters.